The van der Waals surface area contributed by atoms with E-state index in [2.05, 4.69) is 5.32 Å². The lowest BCUT2D eigenvalue weighted by atomic mass is 9.89. The molecule has 2 saturated heterocycles. The molecule has 3 aliphatic rings. The average Bonchev–Trinajstić information content (AvgIpc) is 3.90. The van der Waals surface area contributed by atoms with Crippen LogP contribution >= 0.6 is 0 Å². The van der Waals surface area contributed by atoms with Crippen LogP contribution < -0.4 is 19.9 Å². The van der Waals surface area contributed by atoms with Crippen LogP contribution in [0.5, 0.6) is 11.5 Å². The van der Waals surface area contributed by atoms with Gasteiger partial charge in [-0.05, 0) is 54.5 Å². The molecule has 0 unspecified atom stereocenters. The third kappa shape index (κ3) is 7.92. The van der Waals surface area contributed by atoms with Crippen molar-refractivity contribution in [2.24, 2.45) is 11.3 Å². The fourth-order valence-electron chi connectivity index (χ4n) is 6.85. The van der Waals surface area contributed by atoms with Crippen molar-refractivity contribution in [3.8, 4) is 11.5 Å². The van der Waals surface area contributed by atoms with Crippen LogP contribution in [-0.2, 0) is 25.9 Å². The van der Waals surface area contributed by atoms with Crippen LogP contribution in [0, 0.1) is 11.3 Å². The van der Waals surface area contributed by atoms with Gasteiger partial charge in [-0.25, -0.2) is 8.42 Å². The molecule has 0 bridgehead atoms. The summed E-state index contributed by atoms with van der Waals surface area (Å²) in [5.74, 6) is 0.169. The van der Waals surface area contributed by atoms with Gasteiger partial charge in [0.15, 0.2) is 23.5 Å². The smallest absolute Gasteiger partial charge is 0.286 e. The van der Waals surface area contributed by atoms with E-state index in [1.54, 1.807) is 12.1 Å². The molecule has 14 nitrogen and oxygen atoms in total. The van der Waals surface area contributed by atoms with Gasteiger partial charge in [-0.3, -0.25) is 4.79 Å². The number of ether oxygens (including phenoxy) is 4. The Morgan fingerprint density at radius 1 is 1.06 bits per heavy atom. The van der Waals surface area contributed by atoms with Gasteiger partial charge < -0.3 is 48.6 Å². The summed E-state index contributed by atoms with van der Waals surface area (Å²) in [6.07, 6.45) is -1.13. The van der Waals surface area contributed by atoms with E-state index in [-0.39, 0.29) is 55.2 Å². The number of carbonyl (C=O) groups excluding carboxylic acids is 2. The minimum Gasteiger partial charge on any atom is -0.530 e. The number of nitrogens with one attached hydrogen (secondary N) is 1. The largest absolute Gasteiger partial charge is 0.530 e. The number of furan rings is 1. The second kappa shape index (κ2) is 15.0. The number of aliphatic hydroxyl groups excluding tert-OH is 1. The highest BCUT2D eigenvalue weighted by atomic mass is 32.2. The fraction of sp³-hybridized carbons (Fsp3) is 0.486. The fourth-order valence-corrected chi connectivity index (χ4v) is 8.51. The second-order valence-corrected chi connectivity index (χ2v) is 15.5. The second-order valence-electron chi connectivity index (χ2n) is 13.6. The molecule has 0 spiro atoms. The summed E-state index contributed by atoms with van der Waals surface area (Å²) in [5, 5.41) is 27.8. The topological polar surface area (TPSA) is 180 Å². The zero-order valence-electron chi connectivity index (χ0n) is 27.9. The third-order valence-electron chi connectivity index (χ3n) is 9.47. The minimum atomic E-state index is -4.30. The van der Waals surface area contributed by atoms with Gasteiger partial charge in [0.1, 0.15) is 6.09 Å². The predicted molar refractivity (Wildman–Crippen MR) is 176 cm³/mol. The summed E-state index contributed by atoms with van der Waals surface area (Å²) in [4.78, 5) is 26.4. The maximum atomic E-state index is 14.4. The maximum Gasteiger partial charge on any atom is 0.286 e. The number of amides is 2. The third-order valence-corrected chi connectivity index (χ3v) is 11.3. The maximum absolute atomic E-state index is 14.4. The molecule has 2 amide bonds. The van der Waals surface area contributed by atoms with Crippen molar-refractivity contribution < 1.29 is 51.6 Å². The average molecular weight is 713 g/mol. The number of carbonyl (C=O) groups is 2. The molecular formula is C35H42N3O11S-. The quantitative estimate of drug-likeness (QED) is 0.236. The highest BCUT2D eigenvalue weighted by Crippen LogP contribution is 2.38. The lowest BCUT2D eigenvalue weighted by molar-refractivity contribution is -0.273. The van der Waals surface area contributed by atoms with Crippen molar-refractivity contribution in [3.05, 3.63) is 78.3 Å². The molecule has 4 heterocycles. The first-order valence-corrected chi connectivity index (χ1v) is 18.0. The molecular weight excluding hydrogens is 670 g/mol. The number of hydrogen-bond donors (Lipinski definition) is 2. The Morgan fingerprint density at radius 2 is 1.84 bits per heavy atom. The number of sulfonamides is 1. The minimum absolute atomic E-state index is 0.0456. The first-order chi connectivity index (χ1) is 23.9. The van der Waals surface area contributed by atoms with E-state index >= 15 is 0 Å². The molecule has 3 aliphatic heterocycles. The molecule has 5 atom stereocenters. The van der Waals surface area contributed by atoms with E-state index in [0.29, 0.717) is 25.2 Å². The van der Waals surface area contributed by atoms with Gasteiger partial charge in [-0.2, -0.15) is 4.31 Å². The molecule has 0 saturated carbocycles. The standard InChI is InChI=1S/C35H43N3O11S/c1-35(2,13-14-36-32(40)30-9-6-15-45-30)21-37(50(43,44)24-10-11-29-31(18-24)49-22-48-29)19-28(39)26(17-23-7-4-3-5-8-23)38(34(41)42)27-20-47-33-25(27)12-16-46-33/h3-11,15,18,25-28,33,39H,12-14,16-17,19-22H2,1-2H3,(H,36,40)(H,41,42)/p-1/t25-,26-,27-,28+,33+/m0/s1. The number of aliphatic hydroxyl groups is 1. The molecule has 2 aromatic carbocycles. The SMILES string of the molecule is CC(C)(CCNC(=O)c1ccco1)CN(C[C@@H](O)[C@H](Cc1ccccc1)N(C(=O)[O-])[C@H]1CO[C@H]2OCC[C@H]21)S(=O)(=O)c1ccc2c(c1)OCO2. The van der Waals surface area contributed by atoms with Crippen LogP contribution in [0.3, 0.4) is 0 Å². The number of benzene rings is 2. The lowest BCUT2D eigenvalue weighted by Gasteiger charge is -2.43. The van der Waals surface area contributed by atoms with E-state index < -0.39 is 58.5 Å². The molecule has 270 valence electrons. The number of carboxylic acid groups (broad SMARTS) is 1. The molecule has 1 aromatic heterocycles. The lowest BCUT2D eigenvalue weighted by Crippen LogP contribution is -2.61. The normalized spacial score (nSPS) is 21.2. The van der Waals surface area contributed by atoms with Crippen LogP contribution in [0.2, 0.25) is 0 Å². The predicted octanol–water partition coefficient (Wildman–Crippen LogP) is 2.22. The van der Waals surface area contributed by atoms with Crippen molar-refractivity contribution >= 4 is 22.0 Å². The van der Waals surface area contributed by atoms with Gasteiger partial charge >= 0.3 is 0 Å². The van der Waals surface area contributed by atoms with Gasteiger partial charge in [-0.15, -0.1) is 0 Å². The Balaban J connectivity index is 1.29. The number of fused-ring (bicyclic) bond motifs is 2. The Bertz CT molecular complexity index is 1740. The Kier molecular flexibility index (Phi) is 10.7. The number of hydrogen-bond acceptors (Lipinski definition) is 11. The number of nitrogens with zero attached hydrogens (tertiary/aromatic N) is 2. The van der Waals surface area contributed by atoms with Gasteiger partial charge in [0.05, 0.1) is 42.6 Å². The molecule has 0 aliphatic carbocycles. The molecule has 2 N–H and O–H groups in total. The van der Waals surface area contributed by atoms with Crippen LogP contribution in [0.1, 0.15) is 42.8 Å². The van der Waals surface area contributed by atoms with Gasteiger partial charge in [0.2, 0.25) is 16.8 Å². The van der Waals surface area contributed by atoms with Gasteiger partial charge in [-0.1, -0.05) is 44.2 Å². The molecule has 0 radical (unpaired) electrons. The van der Waals surface area contributed by atoms with E-state index in [1.165, 1.54) is 28.8 Å². The van der Waals surface area contributed by atoms with Crippen LogP contribution in [0.25, 0.3) is 0 Å². The van der Waals surface area contributed by atoms with Crippen LogP contribution in [0.4, 0.5) is 4.79 Å². The van der Waals surface area contributed by atoms with Crippen molar-refractivity contribution in [3.63, 3.8) is 0 Å². The highest BCUT2D eigenvalue weighted by Gasteiger charge is 2.47. The van der Waals surface area contributed by atoms with E-state index in [0.717, 1.165) is 10.5 Å². The molecule has 2 fully saturated rings. The Labute approximate surface area is 290 Å². The van der Waals surface area contributed by atoms with Crippen molar-refractivity contribution in [2.75, 3.05) is 39.6 Å². The summed E-state index contributed by atoms with van der Waals surface area (Å²) in [5.41, 5.74) is 0.0229. The molecule has 6 rings (SSSR count). The van der Waals surface area contributed by atoms with E-state index in [4.69, 9.17) is 23.4 Å². The van der Waals surface area contributed by atoms with Crippen molar-refractivity contribution in [1.29, 1.82) is 0 Å². The zero-order chi connectivity index (χ0) is 35.5. The first-order valence-electron chi connectivity index (χ1n) is 16.6. The molecule has 3 aromatic rings. The van der Waals surface area contributed by atoms with Crippen molar-refractivity contribution in [1.82, 2.24) is 14.5 Å². The molecule has 15 heteroatoms. The molecule has 50 heavy (non-hydrogen) atoms. The van der Waals surface area contributed by atoms with Gasteiger partial charge in [0.25, 0.3) is 5.91 Å². The zero-order valence-corrected chi connectivity index (χ0v) is 28.8. The monoisotopic (exact) mass is 712 g/mol. The summed E-state index contributed by atoms with van der Waals surface area (Å²) in [7, 11) is -4.30. The van der Waals surface area contributed by atoms with Gasteiger partial charge in [0, 0.05) is 31.6 Å². The Morgan fingerprint density at radius 3 is 2.58 bits per heavy atom. The van der Waals surface area contributed by atoms with Crippen LogP contribution in [0.15, 0.2) is 76.2 Å². The van der Waals surface area contributed by atoms with Crippen LogP contribution in [-0.4, -0.2) is 98.8 Å². The van der Waals surface area contributed by atoms with Crippen molar-refractivity contribution in [2.45, 2.75) is 62.5 Å². The Hall–Kier alpha value is -4.15. The highest BCUT2D eigenvalue weighted by molar-refractivity contribution is 7.89. The number of rotatable bonds is 15. The van der Waals surface area contributed by atoms with E-state index in [1.807, 2.05) is 44.2 Å². The first kappa shape index (κ1) is 35.7. The summed E-state index contributed by atoms with van der Waals surface area (Å²) >= 11 is 0. The van der Waals surface area contributed by atoms with E-state index in [9.17, 15) is 28.2 Å². The summed E-state index contributed by atoms with van der Waals surface area (Å²) in [6.45, 7) is 3.82. The summed E-state index contributed by atoms with van der Waals surface area (Å²) in [6, 6.07) is 14.8. The summed E-state index contributed by atoms with van der Waals surface area (Å²) < 4.78 is 57.4.